The molecular formula is C13H13FN2O. The molecule has 0 fully saturated rings. The number of halogens is 1. The van der Waals surface area contributed by atoms with Gasteiger partial charge in [0.2, 0.25) is 0 Å². The molecule has 88 valence electrons. The molecule has 2 aromatic rings. The predicted molar refractivity (Wildman–Crippen MR) is 65.7 cm³/mol. The van der Waals surface area contributed by atoms with E-state index in [9.17, 15) is 4.39 Å². The van der Waals surface area contributed by atoms with Crippen molar-refractivity contribution in [1.82, 2.24) is 4.98 Å². The van der Waals surface area contributed by atoms with E-state index < -0.39 is 0 Å². The molecule has 0 amide bonds. The zero-order valence-electron chi connectivity index (χ0n) is 9.70. The maximum atomic E-state index is 13.9. The van der Waals surface area contributed by atoms with Gasteiger partial charge in [-0.15, -0.1) is 0 Å². The minimum absolute atomic E-state index is 0.313. The first kappa shape index (κ1) is 11.4. The van der Waals surface area contributed by atoms with Gasteiger partial charge in [-0.05, 0) is 18.2 Å². The molecule has 0 unspecified atom stereocenters. The number of hydrogen-bond acceptors (Lipinski definition) is 3. The minimum Gasteiger partial charge on any atom is -0.496 e. The Morgan fingerprint density at radius 1 is 1.29 bits per heavy atom. The molecule has 0 aliphatic heterocycles. The van der Waals surface area contributed by atoms with Gasteiger partial charge in [-0.2, -0.15) is 0 Å². The Kier molecular flexibility index (Phi) is 3.23. The number of nitrogens with zero attached hydrogens (tertiary/aromatic N) is 1. The van der Waals surface area contributed by atoms with Gasteiger partial charge in [0.15, 0.2) is 0 Å². The van der Waals surface area contributed by atoms with Gasteiger partial charge >= 0.3 is 0 Å². The molecule has 0 bridgehead atoms. The summed E-state index contributed by atoms with van der Waals surface area (Å²) in [4.78, 5) is 4.00. The second-order valence-corrected chi connectivity index (χ2v) is 3.49. The van der Waals surface area contributed by atoms with E-state index in [0.29, 0.717) is 11.3 Å². The van der Waals surface area contributed by atoms with Crippen molar-refractivity contribution in [2.75, 3.05) is 19.5 Å². The van der Waals surface area contributed by atoms with Crippen molar-refractivity contribution in [1.29, 1.82) is 0 Å². The summed E-state index contributed by atoms with van der Waals surface area (Å²) >= 11 is 0. The average molecular weight is 232 g/mol. The molecule has 1 aromatic heterocycles. The first-order valence-electron chi connectivity index (χ1n) is 5.22. The summed E-state index contributed by atoms with van der Waals surface area (Å²) in [7, 11) is 3.30. The van der Waals surface area contributed by atoms with E-state index in [1.54, 1.807) is 37.6 Å². The Balaban J connectivity index is 2.67. The minimum atomic E-state index is -0.313. The quantitative estimate of drug-likeness (QED) is 0.883. The summed E-state index contributed by atoms with van der Waals surface area (Å²) in [5.74, 6) is 0.194. The molecule has 0 atom stereocenters. The summed E-state index contributed by atoms with van der Waals surface area (Å²) in [5, 5.41) is 2.99. The zero-order valence-corrected chi connectivity index (χ0v) is 9.70. The van der Waals surface area contributed by atoms with Crippen molar-refractivity contribution in [2.24, 2.45) is 0 Å². The van der Waals surface area contributed by atoms with Gasteiger partial charge in [0.25, 0.3) is 0 Å². The highest BCUT2D eigenvalue weighted by Crippen LogP contribution is 2.36. The van der Waals surface area contributed by atoms with Crippen LogP contribution in [-0.2, 0) is 0 Å². The fraction of sp³-hybridized carbons (Fsp3) is 0.154. The fourth-order valence-corrected chi connectivity index (χ4v) is 1.75. The van der Waals surface area contributed by atoms with Gasteiger partial charge < -0.3 is 10.1 Å². The van der Waals surface area contributed by atoms with Crippen molar-refractivity contribution in [3.8, 4) is 16.9 Å². The van der Waals surface area contributed by atoms with Gasteiger partial charge in [0.1, 0.15) is 11.6 Å². The number of aromatic nitrogens is 1. The lowest BCUT2D eigenvalue weighted by Gasteiger charge is -2.12. The van der Waals surface area contributed by atoms with Crippen molar-refractivity contribution in [3.05, 3.63) is 42.5 Å². The van der Waals surface area contributed by atoms with Crippen LogP contribution < -0.4 is 10.1 Å². The monoisotopic (exact) mass is 232 g/mol. The predicted octanol–water partition coefficient (Wildman–Crippen LogP) is 2.94. The maximum absolute atomic E-state index is 13.9. The first-order chi connectivity index (χ1) is 8.27. The molecular weight excluding hydrogens is 219 g/mol. The molecule has 17 heavy (non-hydrogen) atoms. The van der Waals surface area contributed by atoms with Crippen molar-refractivity contribution in [2.45, 2.75) is 0 Å². The lowest BCUT2D eigenvalue weighted by atomic mass is 10.0. The highest BCUT2D eigenvalue weighted by atomic mass is 19.1. The van der Waals surface area contributed by atoms with E-state index in [1.165, 1.54) is 13.2 Å². The summed E-state index contributed by atoms with van der Waals surface area (Å²) < 4.78 is 19.1. The average Bonchev–Trinajstić information content (AvgIpc) is 2.38. The summed E-state index contributed by atoms with van der Waals surface area (Å²) in [6.45, 7) is 0. The van der Waals surface area contributed by atoms with E-state index in [2.05, 4.69) is 10.3 Å². The highest BCUT2D eigenvalue weighted by molar-refractivity contribution is 5.81. The van der Waals surface area contributed by atoms with Crippen LogP contribution >= 0.6 is 0 Å². The van der Waals surface area contributed by atoms with Gasteiger partial charge in [0, 0.05) is 18.8 Å². The molecule has 0 radical (unpaired) electrons. The Labute approximate surface area is 99.3 Å². The van der Waals surface area contributed by atoms with Gasteiger partial charge in [0.05, 0.1) is 24.6 Å². The molecule has 0 aliphatic rings. The standard InChI is InChI=1S/C13H13FN2O/c1-15-11-8-16-7-6-9(11)13-10(14)4-3-5-12(13)17-2/h3-8,15H,1-2H3. The molecule has 0 saturated heterocycles. The van der Waals surface area contributed by atoms with E-state index >= 15 is 0 Å². The van der Waals surface area contributed by atoms with Crippen LogP contribution in [0.4, 0.5) is 10.1 Å². The van der Waals surface area contributed by atoms with Crippen molar-refractivity contribution >= 4 is 5.69 Å². The van der Waals surface area contributed by atoms with Gasteiger partial charge in [-0.1, -0.05) is 6.07 Å². The van der Waals surface area contributed by atoms with Crippen LogP contribution in [0, 0.1) is 5.82 Å². The van der Waals surface area contributed by atoms with Crippen LogP contribution in [-0.4, -0.2) is 19.1 Å². The fourth-order valence-electron chi connectivity index (χ4n) is 1.75. The summed E-state index contributed by atoms with van der Waals surface area (Å²) in [5.41, 5.74) is 1.94. The Morgan fingerprint density at radius 2 is 2.12 bits per heavy atom. The third-order valence-corrected chi connectivity index (χ3v) is 2.56. The normalized spacial score (nSPS) is 10.1. The van der Waals surface area contributed by atoms with E-state index in [1.807, 2.05) is 0 Å². The van der Waals surface area contributed by atoms with Crippen LogP contribution in [0.5, 0.6) is 5.75 Å². The zero-order chi connectivity index (χ0) is 12.3. The molecule has 3 nitrogen and oxygen atoms in total. The molecule has 4 heteroatoms. The van der Waals surface area contributed by atoms with E-state index in [4.69, 9.17) is 4.74 Å². The lowest BCUT2D eigenvalue weighted by molar-refractivity contribution is 0.413. The number of nitrogens with one attached hydrogen (secondary N) is 1. The number of anilines is 1. The Hall–Kier alpha value is -2.10. The SMILES string of the molecule is CNc1cnccc1-c1c(F)cccc1OC. The molecule has 1 aromatic carbocycles. The molecule has 0 aliphatic carbocycles. The van der Waals surface area contributed by atoms with E-state index in [-0.39, 0.29) is 5.82 Å². The molecule has 0 saturated carbocycles. The van der Waals surface area contributed by atoms with Crippen LogP contribution in [0.2, 0.25) is 0 Å². The Bertz CT molecular complexity index is 529. The third kappa shape index (κ3) is 2.06. The van der Waals surface area contributed by atoms with Gasteiger partial charge in [-0.3, -0.25) is 4.98 Å². The van der Waals surface area contributed by atoms with Crippen LogP contribution in [0.15, 0.2) is 36.7 Å². The number of benzene rings is 1. The van der Waals surface area contributed by atoms with E-state index in [0.717, 1.165) is 11.3 Å². The van der Waals surface area contributed by atoms with Gasteiger partial charge in [-0.25, -0.2) is 4.39 Å². The van der Waals surface area contributed by atoms with Crippen molar-refractivity contribution in [3.63, 3.8) is 0 Å². The maximum Gasteiger partial charge on any atom is 0.134 e. The number of methoxy groups -OCH3 is 1. The Morgan fingerprint density at radius 3 is 2.82 bits per heavy atom. The van der Waals surface area contributed by atoms with Crippen LogP contribution in [0.3, 0.4) is 0 Å². The topological polar surface area (TPSA) is 34.2 Å². The summed E-state index contributed by atoms with van der Waals surface area (Å²) in [6, 6.07) is 6.53. The second-order valence-electron chi connectivity index (χ2n) is 3.49. The number of hydrogen-bond donors (Lipinski definition) is 1. The molecule has 2 rings (SSSR count). The number of ether oxygens (including phenoxy) is 1. The lowest BCUT2D eigenvalue weighted by Crippen LogP contribution is -1.97. The van der Waals surface area contributed by atoms with Crippen molar-refractivity contribution < 1.29 is 9.13 Å². The summed E-state index contributed by atoms with van der Waals surface area (Å²) in [6.07, 6.45) is 3.28. The number of pyridine rings is 1. The van der Waals surface area contributed by atoms with Crippen LogP contribution in [0.25, 0.3) is 11.1 Å². The highest BCUT2D eigenvalue weighted by Gasteiger charge is 2.14. The molecule has 0 spiro atoms. The molecule has 1 heterocycles. The molecule has 1 N–H and O–H groups in total. The largest absolute Gasteiger partial charge is 0.496 e. The smallest absolute Gasteiger partial charge is 0.134 e. The number of rotatable bonds is 3. The first-order valence-corrected chi connectivity index (χ1v) is 5.22. The third-order valence-electron chi connectivity index (χ3n) is 2.56. The van der Waals surface area contributed by atoms with Crippen LogP contribution in [0.1, 0.15) is 0 Å². The second kappa shape index (κ2) is 4.82.